The summed E-state index contributed by atoms with van der Waals surface area (Å²) in [5.41, 5.74) is 8.98. The zero-order chi connectivity index (χ0) is 12.6. The summed E-state index contributed by atoms with van der Waals surface area (Å²) < 4.78 is 0. The quantitative estimate of drug-likeness (QED) is 0.566. The van der Waals surface area contributed by atoms with Gasteiger partial charge >= 0.3 is 0 Å². The van der Waals surface area contributed by atoms with Gasteiger partial charge in [-0.1, -0.05) is 6.07 Å². The number of aliphatic imine (C=N–C) groups is 1. The molecule has 0 radical (unpaired) electrons. The fourth-order valence-corrected chi connectivity index (χ4v) is 1.99. The van der Waals surface area contributed by atoms with Gasteiger partial charge in [-0.15, -0.1) is 0 Å². The predicted octanol–water partition coefficient (Wildman–Crippen LogP) is 1.21. The maximum Gasteiger partial charge on any atom is 0.101 e. The van der Waals surface area contributed by atoms with E-state index in [1.165, 1.54) is 0 Å². The molecule has 92 valence electrons. The van der Waals surface area contributed by atoms with Crippen molar-refractivity contribution in [2.45, 2.75) is 25.5 Å². The number of aliphatic hydroxyl groups excluding tert-OH is 1. The third kappa shape index (κ3) is 2.33. The first kappa shape index (κ1) is 12.1. The van der Waals surface area contributed by atoms with Crippen molar-refractivity contribution in [2.24, 2.45) is 10.7 Å². The third-order valence-corrected chi connectivity index (χ3v) is 3.27. The van der Waals surface area contributed by atoms with Crippen LogP contribution in [0, 0.1) is 0 Å². The van der Waals surface area contributed by atoms with Crippen molar-refractivity contribution in [3.05, 3.63) is 29.3 Å². The Morgan fingerprint density at radius 1 is 1.47 bits per heavy atom. The summed E-state index contributed by atoms with van der Waals surface area (Å²) in [4.78, 5) is 6.46. The van der Waals surface area contributed by atoms with Gasteiger partial charge in [0.1, 0.15) is 5.84 Å². The number of hydrogen-bond donors (Lipinski definition) is 2. The van der Waals surface area contributed by atoms with Gasteiger partial charge in [0.15, 0.2) is 0 Å². The average molecular weight is 233 g/mol. The second kappa shape index (κ2) is 4.47. The van der Waals surface area contributed by atoms with Crippen LogP contribution in [0.25, 0.3) is 0 Å². The summed E-state index contributed by atoms with van der Waals surface area (Å²) in [6, 6.07) is 5.67. The minimum atomic E-state index is -0.459. The van der Waals surface area contributed by atoms with Crippen molar-refractivity contribution in [2.75, 3.05) is 14.1 Å². The highest BCUT2D eigenvalue weighted by Gasteiger charge is 2.27. The van der Waals surface area contributed by atoms with Crippen LogP contribution in [0.4, 0.5) is 5.69 Å². The Morgan fingerprint density at radius 2 is 2.18 bits per heavy atom. The highest BCUT2D eigenvalue weighted by molar-refractivity contribution is 5.82. The molecule has 0 heterocycles. The van der Waals surface area contributed by atoms with Gasteiger partial charge < -0.3 is 15.7 Å². The lowest BCUT2D eigenvalue weighted by Crippen LogP contribution is -2.21. The highest BCUT2D eigenvalue weighted by Crippen LogP contribution is 2.32. The Kier molecular flexibility index (Phi) is 3.17. The Labute approximate surface area is 102 Å². The van der Waals surface area contributed by atoms with Crippen molar-refractivity contribution < 1.29 is 5.11 Å². The molecule has 2 rings (SSSR count). The van der Waals surface area contributed by atoms with Crippen LogP contribution < -0.4 is 5.73 Å². The molecule has 4 heteroatoms. The molecule has 0 aromatic heterocycles. The van der Waals surface area contributed by atoms with Crippen molar-refractivity contribution in [3.63, 3.8) is 0 Å². The Morgan fingerprint density at radius 3 is 2.82 bits per heavy atom. The van der Waals surface area contributed by atoms with E-state index >= 15 is 0 Å². The van der Waals surface area contributed by atoms with Crippen molar-refractivity contribution >= 4 is 11.5 Å². The zero-order valence-corrected chi connectivity index (χ0v) is 10.5. The molecule has 0 saturated carbocycles. The molecule has 1 aromatic rings. The summed E-state index contributed by atoms with van der Waals surface area (Å²) in [5, 5.41) is 9.71. The molecule has 0 fully saturated rings. The number of fused-ring (bicyclic) bond motifs is 1. The van der Waals surface area contributed by atoms with Crippen LogP contribution in [-0.4, -0.2) is 36.0 Å². The molecule has 1 aromatic carbocycles. The Hall–Kier alpha value is -1.39. The topological polar surface area (TPSA) is 61.9 Å². The SMILES string of the molecule is CC(=Nc1ccc2c(c1)C(N)C(O)C2)N(C)C. The van der Waals surface area contributed by atoms with Gasteiger partial charge in [0.25, 0.3) is 0 Å². The minimum absolute atomic E-state index is 0.278. The summed E-state index contributed by atoms with van der Waals surface area (Å²) in [5.74, 6) is 0.942. The lowest BCUT2D eigenvalue weighted by Gasteiger charge is -2.12. The molecule has 0 bridgehead atoms. The van der Waals surface area contributed by atoms with Gasteiger partial charge in [-0.05, 0) is 30.2 Å². The van der Waals surface area contributed by atoms with Crippen molar-refractivity contribution in [1.29, 1.82) is 0 Å². The van der Waals surface area contributed by atoms with Gasteiger partial charge in [-0.2, -0.15) is 0 Å². The average Bonchev–Trinajstić information content (AvgIpc) is 2.55. The van der Waals surface area contributed by atoms with E-state index in [2.05, 4.69) is 4.99 Å². The van der Waals surface area contributed by atoms with Gasteiger partial charge in [0, 0.05) is 20.5 Å². The van der Waals surface area contributed by atoms with Crippen LogP contribution in [0.3, 0.4) is 0 Å². The fraction of sp³-hybridized carbons (Fsp3) is 0.462. The summed E-state index contributed by atoms with van der Waals surface area (Å²) in [6.07, 6.45) is 0.187. The molecule has 2 atom stereocenters. The molecule has 17 heavy (non-hydrogen) atoms. The van der Waals surface area contributed by atoms with Gasteiger partial charge in [-0.3, -0.25) is 0 Å². The highest BCUT2D eigenvalue weighted by atomic mass is 16.3. The zero-order valence-electron chi connectivity index (χ0n) is 10.5. The minimum Gasteiger partial charge on any atom is -0.391 e. The number of rotatable bonds is 1. The molecule has 0 amide bonds. The van der Waals surface area contributed by atoms with E-state index in [1.54, 1.807) is 0 Å². The van der Waals surface area contributed by atoms with Gasteiger partial charge in [0.2, 0.25) is 0 Å². The van der Waals surface area contributed by atoms with Crippen molar-refractivity contribution in [3.8, 4) is 0 Å². The molecule has 0 aliphatic heterocycles. The first-order valence-corrected chi connectivity index (χ1v) is 5.78. The molecule has 1 aliphatic rings. The number of benzene rings is 1. The van der Waals surface area contributed by atoms with Crippen LogP contribution in [0.1, 0.15) is 24.1 Å². The summed E-state index contributed by atoms with van der Waals surface area (Å²) >= 11 is 0. The Balaban J connectivity index is 2.33. The predicted molar refractivity (Wildman–Crippen MR) is 69.5 cm³/mol. The van der Waals surface area contributed by atoms with E-state index in [0.29, 0.717) is 6.42 Å². The second-order valence-corrected chi connectivity index (χ2v) is 4.73. The van der Waals surface area contributed by atoms with E-state index in [9.17, 15) is 5.11 Å². The maximum absolute atomic E-state index is 9.71. The number of nitrogens with zero attached hydrogens (tertiary/aromatic N) is 2. The number of nitrogens with two attached hydrogens (primary N) is 1. The van der Waals surface area contributed by atoms with E-state index in [4.69, 9.17) is 5.73 Å². The number of amidine groups is 1. The molecule has 2 unspecified atom stereocenters. The lowest BCUT2D eigenvalue weighted by atomic mass is 10.1. The van der Waals surface area contributed by atoms with E-state index < -0.39 is 6.10 Å². The molecular weight excluding hydrogens is 214 g/mol. The first-order chi connectivity index (χ1) is 7.99. The normalized spacial score (nSPS) is 23.7. The van der Waals surface area contributed by atoms with Crippen LogP contribution >= 0.6 is 0 Å². The van der Waals surface area contributed by atoms with Gasteiger partial charge in [0.05, 0.1) is 17.8 Å². The van der Waals surface area contributed by atoms with E-state index in [0.717, 1.165) is 22.6 Å². The molecule has 0 saturated heterocycles. The van der Waals surface area contributed by atoms with Crippen LogP contribution in [-0.2, 0) is 6.42 Å². The largest absolute Gasteiger partial charge is 0.391 e. The van der Waals surface area contributed by atoms with Crippen LogP contribution in [0.15, 0.2) is 23.2 Å². The second-order valence-electron chi connectivity index (χ2n) is 4.73. The first-order valence-electron chi connectivity index (χ1n) is 5.78. The van der Waals surface area contributed by atoms with E-state index in [1.807, 2.05) is 44.1 Å². The molecule has 3 N–H and O–H groups in total. The standard InChI is InChI=1S/C13H19N3O/c1-8(16(2)3)15-10-5-4-9-6-12(17)13(14)11(9)7-10/h4-5,7,12-13,17H,6,14H2,1-3H3. The van der Waals surface area contributed by atoms with Gasteiger partial charge in [-0.25, -0.2) is 4.99 Å². The van der Waals surface area contributed by atoms with E-state index in [-0.39, 0.29) is 6.04 Å². The van der Waals surface area contributed by atoms with Crippen LogP contribution in [0.5, 0.6) is 0 Å². The fourth-order valence-electron chi connectivity index (χ4n) is 1.99. The lowest BCUT2D eigenvalue weighted by molar-refractivity contribution is 0.158. The Bertz CT molecular complexity index is 454. The molecule has 1 aliphatic carbocycles. The van der Waals surface area contributed by atoms with Crippen molar-refractivity contribution in [1.82, 2.24) is 4.90 Å². The monoisotopic (exact) mass is 233 g/mol. The summed E-state index contributed by atoms with van der Waals surface area (Å²) in [6.45, 7) is 1.96. The summed E-state index contributed by atoms with van der Waals surface area (Å²) in [7, 11) is 3.92. The molecule has 0 spiro atoms. The number of aliphatic hydroxyl groups is 1. The smallest absolute Gasteiger partial charge is 0.101 e. The number of hydrogen-bond acceptors (Lipinski definition) is 3. The maximum atomic E-state index is 9.71. The van der Waals surface area contributed by atoms with Crippen LogP contribution in [0.2, 0.25) is 0 Å². The third-order valence-electron chi connectivity index (χ3n) is 3.27. The molecular formula is C13H19N3O. The molecule has 4 nitrogen and oxygen atoms in total.